The van der Waals surface area contributed by atoms with Gasteiger partial charge in [-0.1, -0.05) is 38.3 Å². The summed E-state index contributed by atoms with van der Waals surface area (Å²) in [6.07, 6.45) is 4.74. The van der Waals surface area contributed by atoms with Gasteiger partial charge in [-0.3, -0.25) is 4.79 Å². The molecule has 0 saturated heterocycles. The zero-order valence-corrected chi connectivity index (χ0v) is 18.6. The van der Waals surface area contributed by atoms with Crippen molar-refractivity contribution < 1.29 is 19.0 Å². The number of rotatable bonds is 11. The van der Waals surface area contributed by atoms with E-state index in [-0.39, 0.29) is 33.0 Å². The summed E-state index contributed by atoms with van der Waals surface area (Å²) >= 11 is 0. The van der Waals surface area contributed by atoms with E-state index in [9.17, 15) is 4.79 Å². The molecular formula is C22H29LiO4P. The van der Waals surface area contributed by atoms with Gasteiger partial charge in [-0.15, -0.1) is 0 Å². The number of methoxy groups -OCH3 is 2. The van der Waals surface area contributed by atoms with Crippen LogP contribution in [0, 0.1) is 6.92 Å². The summed E-state index contributed by atoms with van der Waals surface area (Å²) in [5.74, 6) is 1.94. The van der Waals surface area contributed by atoms with Crippen molar-refractivity contribution in [3.8, 4) is 17.2 Å². The molecule has 0 N–H and O–H groups in total. The third-order valence-electron chi connectivity index (χ3n) is 4.37. The van der Waals surface area contributed by atoms with Crippen LogP contribution in [0.2, 0.25) is 0 Å². The number of ether oxygens (including phenoxy) is 3. The monoisotopic (exact) mass is 395 g/mol. The molecule has 1 radical (unpaired) electrons. The van der Waals surface area contributed by atoms with Gasteiger partial charge in [0.1, 0.15) is 22.8 Å². The van der Waals surface area contributed by atoms with Gasteiger partial charge in [0.05, 0.1) is 20.8 Å². The molecule has 1 unspecified atom stereocenters. The Morgan fingerprint density at radius 1 is 1.00 bits per heavy atom. The molecule has 0 heterocycles. The van der Waals surface area contributed by atoms with Crippen LogP contribution in [0.25, 0.3) is 0 Å². The number of hydrogen-bond acceptors (Lipinski definition) is 4. The summed E-state index contributed by atoms with van der Waals surface area (Å²) in [7, 11) is 3.12. The first kappa shape index (κ1) is 24.6. The summed E-state index contributed by atoms with van der Waals surface area (Å²) in [6, 6.07) is 11.3. The van der Waals surface area contributed by atoms with Crippen molar-refractivity contribution in [2.45, 2.75) is 39.5 Å². The van der Waals surface area contributed by atoms with Crippen molar-refractivity contribution in [1.29, 1.82) is 0 Å². The molecule has 0 bridgehead atoms. The van der Waals surface area contributed by atoms with E-state index in [1.807, 2.05) is 31.2 Å². The molecule has 0 aliphatic rings. The van der Waals surface area contributed by atoms with E-state index < -0.39 is 0 Å². The Labute approximate surface area is 182 Å². The second kappa shape index (κ2) is 12.9. The average Bonchev–Trinajstić information content (AvgIpc) is 2.68. The van der Waals surface area contributed by atoms with Crippen molar-refractivity contribution in [1.82, 2.24) is 0 Å². The number of aryl methyl sites for hydroxylation is 1. The van der Waals surface area contributed by atoms with E-state index in [1.54, 1.807) is 26.4 Å². The van der Waals surface area contributed by atoms with Crippen LogP contribution in [0.4, 0.5) is 0 Å². The zero-order valence-electron chi connectivity index (χ0n) is 17.6. The summed E-state index contributed by atoms with van der Waals surface area (Å²) < 4.78 is 16.5. The molecule has 0 aliphatic carbocycles. The van der Waals surface area contributed by atoms with E-state index in [4.69, 9.17) is 14.2 Å². The van der Waals surface area contributed by atoms with Crippen molar-refractivity contribution in [2.24, 2.45) is 0 Å². The molecule has 0 spiro atoms. The molecule has 147 valence electrons. The Bertz CT molecular complexity index is 742. The van der Waals surface area contributed by atoms with Crippen LogP contribution in [0.5, 0.6) is 17.2 Å². The van der Waals surface area contributed by atoms with Crippen molar-refractivity contribution in [3.05, 3.63) is 47.5 Å². The van der Waals surface area contributed by atoms with Crippen molar-refractivity contribution in [2.75, 3.05) is 20.8 Å². The van der Waals surface area contributed by atoms with Crippen LogP contribution in [0.15, 0.2) is 36.4 Å². The molecule has 2 aromatic rings. The van der Waals surface area contributed by atoms with Crippen molar-refractivity contribution in [3.63, 3.8) is 0 Å². The van der Waals surface area contributed by atoms with Crippen LogP contribution in [-0.2, 0) is 0 Å². The van der Waals surface area contributed by atoms with Crippen molar-refractivity contribution >= 4 is 38.3 Å². The first-order chi connectivity index (χ1) is 13.1. The Balaban J connectivity index is 0.00000392. The molecule has 0 amide bonds. The summed E-state index contributed by atoms with van der Waals surface area (Å²) in [5, 5.41) is 1.01. The van der Waals surface area contributed by atoms with Crippen LogP contribution in [0.3, 0.4) is 0 Å². The molecule has 0 saturated carbocycles. The van der Waals surface area contributed by atoms with E-state index in [0.29, 0.717) is 17.1 Å². The Morgan fingerprint density at radius 2 is 1.68 bits per heavy atom. The molecule has 1 atom stereocenters. The van der Waals surface area contributed by atoms with Crippen LogP contribution < -0.4 is 19.5 Å². The summed E-state index contributed by atoms with van der Waals surface area (Å²) in [6.45, 7) is 4.95. The first-order valence-corrected chi connectivity index (χ1v) is 10.4. The summed E-state index contributed by atoms with van der Waals surface area (Å²) in [5.41, 5.74) is 1.55. The molecule has 0 fully saturated rings. The predicted molar refractivity (Wildman–Crippen MR) is 118 cm³/mol. The Hall–Kier alpha value is -1.46. The maximum Gasteiger partial charge on any atom is 0.193 e. The zero-order chi connectivity index (χ0) is 19.6. The second-order valence-electron chi connectivity index (χ2n) is 6.38. The molecule has 28 heavy (non-hydrogen) atoms. The molecule has 2 aromatic carbocycles. The van der Waals surface area contributed by atoms with Gasteiger partial charge in [0.25, 0.3) is 0 Å². The second-order valence-corrected chi connectivity index (χ2v) is 7.62. The fraction of sp³-hybridized carbons (Fsp3) is 0.409. The third-order valence-corrected chi connectivity index (χ3v) is 5.67. The Kier molecular flexibility index (Phi) is 11.3. The van der Waals surface area contributed by atoms with Crippen LogP contribution >= 0.6 is 8.58 Å². The Morgan fingerprint density at radius 3 is 2.25 bits per heavy atom. The molecule has 2 rings (SSSR count). The molecule has 0 aliphatic heterocycles. The van der Waals surface area contributed by atoms with Gasteiger partial charge in [0.15, 0.2) is 5.52 Å². The SMILES string of the molecule is CCCCCCOc1ccc(PC(=O)c2c(OC)cccc2OC)c(C)c1.[Li]. The van der Waals surface area contributed by atoms with E-state index in [0.717, 1.165) is 29.6 Å². The van der Waals surface area contributed by atoms with Gasteiger partial charge < -0.3 is 14.2 Å². The minimum Gasteiger partial charge on any atom is -0.496 e. The maximum atomic E-state index is 12.9. The largest absolute Gasteiger partial charge is 0.496 e. The smallest absolute Gasteiger partial charge is 0.193 e. The maximum absolute atomic E-state index is 12.9. The molecule has 6 heteroatoms. The molecule has 4 nitrogen and oxygen atoms in total. The van der Waals surface area contributed by atoms with Gasteiger partial charge in [0, 0.05) is 18.9 Å². The van der Waals surface area contributed by atoms with Crippen LogP contribution in [0.1, 0.15) is 48.5 Å². The van der Waals surface area contributed by atoms with Gasteiger partial charge in [-0.2, -0.15) is 0 Å². The third kappa shape index (κ3) is 6.85. The van der Waals surface area contributed by atoms with Gasteiger partial charge in [0.2, 0.25) is 0 Å². The quantitative estimate of drug-likeness (QED) is 0.313. The average molecular weight is 395 g/mol. The number of benzene rings is 2. The number of carbonyl (C=O) groups excluding carboxylic acids is 1. The number of carbonyl (C=O) groups is 1. The number of hydrogen-bond donors (Lipinski definition) is 0. The minimum atomic E-state index is -0.00250. The molecule has 0 aromatic heterocycles. The van der Waals surface area contributed by atoms with E-state index in [2.05, 4.69) is 6.92 Å². The van der Waals surface area contributed by atoms with Gasteiger partial charge in [-0.25, -0.2) is 0 Å². The fourth-order valence-corrected chi connectivity index (χ4v) is 3.90. The minimum absolute atomic E-state index is 0. The predicted octanol–water partition coefficient (Wildman–Crippen LogP) is 4.73. The van der Waals surface area contributed by atoms with Gasteiger partial charge in [-0.05, 0) is 57.1 Å². The van der Waals surface area contributed by atoms with E-state index in [1.165, 1.54) is 19.3 Å². The first-order valence-electron chi connectivity index (χ1n) is 9.36. The van der Waals surface area contributed by atoms with Crippen LogP contribution in [-0.4, -0.2) is 45.2 Å². The van der Waals surface area contributed by atoms with Gasteiger partial charge >= 0.3 is 0 Å². The fourth-order valence-electron chi connectivity index (χ4n) is 2.84. The normalized spacial score (nSPS) is 10.6. The summed E-state index contributed by atoms with van der Waals surface area (Å²) in [4.78, 5) is 12.9. The number of unbranched alkanes of at least 4 members (excludes halogenated alkanes) is 3. The molecular weight excluding hydrogens is 366 g/mol. The topological polar surface area (TPSA) is 44.8 Å². The van der Waals surface area contributed by atoms with E-state index >= 15 is 0 Å². The standard InChI is InChI=1S/C22H29O4P.Li/c1-5-6-7-8-14-26-17-12-13-20(16(2)15-17)27-22(23)21-18(24-3)10-9-11-19(21)25-4;/h9-13,15,27H,5-8,14H2,1-4H3;.